The molecule has 11 heteroatoms. The summed E-state index contributed by atoms with van der Waals surface area (Å²) in [5.41, 5.74) is 9.06. The second kappa shape index (κ2) is 11.8. The number of hydrogen-bond donors (Lipinski definition) is 2. The van der Waals surface area contributed by atoms with Crippen molar-refractivity contribution in [3.63, 3.8) is 0 Å². The van der Waals surface area contributed by atoms with Crippen LogP contribution in [0, 0.1) is 11.8 Å². The van der Waals surface area contributed by atoms with E-state index in [-0.39, 0.29) is 30.2 Å². The van der Waals surface area contributed by atoms with Gasteiger partial charge in [0.05, 0.1) is 11.4 Å². The van der Waals surface area contributed by atoms with E-state index in [0.717, 1.165) is 61.7 Å². The fourth-order valence-electron chi connectivity index (χ4n) is 4.81. The van der Waals surface area contributed by atoms with Crippen molar-refractivity contribution in [3.05, 3.63) is 35.5 Å². The summed E-state index contributed by atoms with van der Waals surface area (Å²) in [7, 11) is -2.92. The van der Waals surface area contributed by atoms with E-state index in [9.17, 15) is 4.57 Å². The topological polar surface area (TPSA) is 120 Å². The van der Waals surface area contributed by atoms with E-state index in [2.05, 4.69) is 42.6 Å². The molecule has 4 heterocycles. The molecule has 2 aliphatic rings. The van der Waals surface area contributed by atoms with E-state index in [1.165, 1.54) is 0 Å². The maximum Gasteiger partial charge on any atom is 0.421 e. The van der Waals surface area contributed by atoms with Gasteiger partial charge in [0, 0.05) is 49.3 Å². The molecule has 9 nitrogen and oxygen atoms in total. The first-order chi connectivity index (χ1) is 16.2. The first kappa shape index (κ1) is 27.5. The summed E-state index contributed by atoms with van der Waals surface area (Å²) in [5, 5.41) is 1.72. The number of halogens is 1. The summed E-state index contributed by atoms with van der Waals surface area (Å²) in [6, 6.07) is 7.12. The van der Waals surface area contributed by atoms with Crippen LogP contribution < -0.4 is 30.5 Å². The molecular weight excluding hydrogens is 487 g/mol. The number of anilines is 2. The van der Waals surface area contributed by atoms with Gasteiger partial charge in [-0.05, 0) is 43.2 Å². The first-order valence-corrected chi connectivity index (χ1v) is 13.4. The molecule has 3 unspecified atom stereocenters. The number of fused-ring (bicyclic) bond motifs is 2. The zero-order valence-corrected chi connectivity index (χ0v) is 22.8. The Balaban J connectivity index is 0.00000342. The van der Waals surface area contributed by atoms with Crippen LogP contribution in [-0.2, 0) is 4.57 Å². The highest BCUT2D eigenvalue weighted by molar-refractivity contribution is 7.34. The summed E-state index contributed by atoms with van der Waals surface area (Å²) in [6.07, 6.45) is 2.82. The van der Waals surface area contributed by atoms with Crippen LogP contribution in [0.5, 0.6) is 11.8 Å². The number of rotatable bonds is 8. The summed E-state index contributed by atoms with van der Waals surface area (Å²) in [4.78, 5) is 11.5. The minimum atomic E-state index is -2.92. The standard InChI is InChI=1S/C24H37N6O3P.ClH/c1-15(2)13-17-9-12-30(26)20-6-8-21(27-23(17)20)32-34(31)33-22-7-5-18-19(25)10-11-29(14-16(3)4)24(18)28-22;/h5-8,15-17,19,34H,9-14,25-26H2,1-4H3;1H. The van der Waals surface area contributed by atoms with Gasteiger partial charge in [0.25, 0.3) is 0 Å². The minimum Gasteiger partial charge on any atom is -0.399 e. The van der Waals surface area contributed by atoms with Gasteiger partial charge in [-0.25, -0.2) is 15.4 Å². The smallest absolute Gasteiger partial charge is 0.399 e. The molecule has 0 aliphatic carbocycles. The number of hydrogen-bond acceptors (Lipinski definition) is 9. The minimum absolute atomic E-state index is 0. The molecule has 3 atom stereocenters. The Morgan fingerprint density at radius 3 is 2.40 bits per heavy atom. The molecule has 0 aromatic carbocycles. The third-order valence-electron chi connectivity index (χ3n) is 6.30. The molecule has 0 fully saturated rings. The van der Waals surface area contributed by atoms with E-state index < -0.39 is 8.25 Å². The molecule has 2 aromatic heterocycles. The van der Waals surface area contributed by atoms with Crippen LogP contribution in [0.15, 0.2) is 24.3 Å². The third-order valence-corrected chi connectivity index (χ3v) is 7.05. The van der Waals surface area contributed by atoms with E-state index >= 15 is 0 Å². The molecule has 0 radical (unpaired) electrons. The zero-order valence-electron chi connectivity index (χ0n) is 20.9. The van der Waals surface area contributed by atoms with Crippen LogP contribution in [0.1, 0.15) is 70.2 Å². The van der Waals surface area contributed by atoms with Crippen molar-refractivity contribution in [2.45, 2.75) is 58.9 Å². The molecule has 0 spiro atoms. The number of aromatic nitrogens is 2. The van der Waals surface area contributed by atoms with E-state index in [1.54, 1.807) is 17.1 Å². The normalized spacial score (nSPS) is 20.2. The fourth-order valence-corrected chi connectivity index (χ4v) is 5.42. The molecule has 194 valence electrons. The highest BCUT2D eigenvalue weighted by atomic mass is 35.5. The van der Waals surface area contributed by atoms with Gasteiger partial charge in [0.1, 0.15) is 5.82 Å². The lowest BCUT2D eigenvalue weighted by molar-refractivity contribution is 0.398. The number of nitrogens with zero attached hydrogens (tertiary/aromatic N) is 4. The quantitative estimate of drug-likeness (QED) is 0.369. The Morgan fingerprint density at radius 2 is 1.71 bits per heavy atom. The predicted octanol–water partition coefficient (Wildman–Crippen LogP) is 4.83. The molecule has 2 aromatic rings. The van der Waals surface area contributed by atoms with Crippen molar-refractivity contribution in [1.82, 2.24) is 9.97 Å². The third kappa shape index (κ3) is 6.58. The summed E-state index contributed by atoms with van der Waals surface area (Å²) in [6.45, 7) is 11.2. The largest absolute Gasteiger partial charge is 0.421 e. The molecule has 35 heavy (non-hydrogen) atoms. The van der Waals surface area contributed by atoms with Gasteiger partial charge >= 0.3 is 8.25 Å². The van der Waals surface area contributed by atoms with Crippen LogP contribution in [0.2, 0.25) is 0 Å². The van der Waals surface area contributed by atoms with Crippen molar-refractivity contribution in [2.24, 2.45) is 23.4 Å². The average Bonchev–Trinajstić information content (AvgIpc) is 2.77. The second-order valence-corrected chi connectivity index (χ2v) is 11.0. The van der Waals surface area contributed by atoms with Gasteiger partial charge < -0.3 is 24.7 Å². The Kier molecular flexibility index (Phi) is 9.27. The fraction of sp³-hybridized carbons (Fsp3) is 0.583. The molecule has 0 bridgehead atoms. The summed E-state index contributed by atoms with van der Waals surface area (Å²) >= 11 is 0. The van der Waals surface area contributed by atoms with Gasteiger partial charge in [-0.3, -0.25) is 0 Å². The number of nitrogens with two attached hydrogens (primary N) is 2. The predicted molar refractivity (Wildman–Crippen MR) is 143 cm³/mol. The van der Waals surface area contributed by atoms with Crippen molar-refractivity contribution in [1.29, 1.82) is 0 Å². The maximum absolute atomic E-state index is 12.8. The van der Waals surface area contributed by atoms with E-state index in [0.29, 0.717) is 17.8 Å². The van der Waals surface area contributed by atoms with E-state index in [1.807, 2.05) is 12.1 Å². The maximum atomic E-state index is 12.8. The molecule has 0 saturated carbocycles. The molecular formula is C24H38ClN6O3P. The Hall–Kier alpha value is -2.06. The van der Waals surface area contributed by atoms with Gasteiger partial charge in [0.15, 0.2) is 0 Å². The zero-order chi connectivity index (χ0) is 24.4. The molecule has 4 N–H and O–H groups in total. The lowest BCUT2D eigenvalue weighted by Crippen LogP contribution is -2.37. The van der Waals surface area contributed by atoms with Crippen LogP contribution in [-0.4, -0.2) is 29.6 Å². The van der Waals surface area contributed by atoms with Gasteiger partial charge in [-0.15, -0.1) is 12.4 Å². The molecule has 4 rings (SSSR count). The highest BCUT2D eigenvalue weighted by Gasteiger charge is 2.28. The molecule has 2 aliphatic heterocycles. The van der Waals surface area contributed by atoms with Gasteiger partial charge in [0.2, 0.25) is 11.8 Å². The van der Waals surface area contributed by atoms with Crippen molar-refractivity contribution in [2.75, 3.05) is 29.5 Å². The van der Waals surface area contributed by atoms with Crippen LogP contribution in [0.3, 0.4) is 0 Å². The number of hydrazine groups is 1. The van der Waals surface area contributed by atoms with Crippen LogP contribution in [0.4, 0.5) is 11.5 Å². The van der Waals surface area contributed by atoms with Crippen LogP contribution in [0.25, 0.3) is 0 Å². The van der Waals surface area contributed by atoms with Crippen molar-refractivity contribution < 1.29 is 13.6 Å². The lowest BCUT2D eigenvalue weighted by atomic mass is 9.88. The Labute approximate surface area is 214 Å². The van der Waals surface area contributed by atoms with Gasteiger partial charge in [-0.1, -0.05) is 27.7 Å². The monoisotopic (exact) mass is 524 g/mol. The SMILES string of the molecule is CC(C)CC1CCN(N)c2ccc(O[PH](=O)Oc3ccc4c(n3)N(CC(C)C)CCC4N)nc21.Cl. The van der Waals surface area contributed by atoms with Gasteiger partial charge in [-0.2, -0.15) is 4.98 Å². The summed E-state index contributed by atoms with van der Waals surface area (Å²) < 4.78 is 24.0. The Morgan fingerprint density at radius 1 is 1.03 bits per heavy atom. The summed E-state index contributed by atoms with van der Waals surface area (Å²) in [5.74, 6) is 8.79. The Bertz CT molecular complexity index is 961. The van der Waals surface area contributed by atoms with Crippen molar-refractivity contribution >= 4 is 32.2 Å². The second-order valence-electron chi connectivity index (χ2n) is 10.1. The molecule has 0 saturated heterocycles. The van der Waals surface area contributed by atoms with E-state index in [4.69, 9.17) is 20.6 Å². The van der Waals surface area contributed by atoms with Crippen molar-refractivity contribution in [3.8, 4) is 11.8 Å². The first-order valence-electron chi connectivity index (χ1n) is 12.2. The van der Waals surface area contributed by atoms with Crippen LogP contribution >= 0.6 is 20.7 Å². The highest BCUT2D eigenvalue weighted by Crippen LogP contribution is 2.39. The lowest BCUT2D eigenvalue weighted by Gasteiger charge is -2.34. The average molecular weight is 525 g/mol. The number of pyridine rings is 2. The molecule has 0 amide bonds.